The molecule has 1 aromatic heterocycles. The van der Waals surface area contributed by atoms with Crippen LogP contribution in [0.2, 0.25) is 48.8 Å². The first-order valence-corrected chi connectivity index (χ1v) is 28.1. The van der Waals surface area contributed by atoms with Gasteiger partial charge in [-0.05, 0) is 65.1 Å². The van der Waals surface area contributed by atoms with Gasteiger partial charge in [0.15, 0.2) is 14.4 Å². The van der Waals surface area contributed by atoms with Gasteiger partial charge in [-0.25, -0.2) is 13.1 Å². The van der Waals surface area contributed by atoms with Gasteiger partial charge in [-0.15, -0.1) is 0 Å². The Labute approximate surface area is 344 Å². The molecule has 4 aromatic rings. The number of sulfonamides is 1. The minimum Gasteiger partial charge on any atom is -0.456 e. The predicted molar refractivity (Wildman–Crippen MR) is 229 cm³/mol. The molecule has 2 aliphatic heterocycles. The average Bonchev–Trinajstić information content (AvgIpc) is 3.83. The van der Waals surface area contributed by atoms with Crippen LogP contribution in [-0.4, -0.2) is 110 Å². The van der Waals surface area contributed by atoms with Crippen molar-refractivity contribution in [1.29, 1.82) is 0 Å². The van der Waals surface area contributed by atoms with E-state index in [1.807, 2.05) is 41.0 Å². The number of aliphatic hydroxyl groups is 1. The molecule has 3 aromatic carbocycles. The van der Waals surface area contributed by atoms with Crippen molar-refractivity contribution >= 4 is 49.0 Å². The Morgan fingerprint density at radius 1 is 0.877 bits per heavy atom. The molecule has 0 bridgehead atoms. The molecule has 0 aliphatic carbocycles. The third kappa shape index (κ3) is 10.6. The maximum Gasteiger partial charge on any atom is 0.299 e. The maximum absolute atomic E-state index is 12.7. The summed E-state index contributed by atoms with van der Waals surface area (Å²) in [4.78, 5) is 5.14. The topological polar surface area (TPSA) is 140 Å². The van der Waals surface area contributed by atoms with E-state index in [1.165, 1.54) is 0 Å². The SMILES string of the molecule is CC(C)(C)[Si](C)(C)O[C@@H]1CO[C@H]2[C@@H]1OC[C@H]2Oc1nc2cc(-c3ccc(-c4ccc(S(=O)(=O)NCCOCCO)cc4)cc3)c(Cl)cc2n1COCC[Si](C)(C)C. The summed E-state index contributed by atoms with van der Waals surface area (Å²) in [7, 11) is -7.04. The van der Waals surface area contributed by atoms with Crippen molar-refractivity contribution in [2.45, 2.75) is 101 Å². The normalized spacial score (nSPS) is 20.4. The van der Waals surface area contributed by atoms with E-state index in [2.05, 4.69) is 58.2 Å². The zero-order chi connectivity index (χ0) is 41.2. The van der Waals surface area contributed by atoms with Gasteiger partial charge in [0.2, 0.25) is 10.0 Å². The molecule has 0 unspecified atom stereocenters. The van der Waals surface area contributed by atoms with Crippen molar-refractivity contribution in [3.63, 3.8) is 0 Å². The smallest absolute Gasteiger partial charge is 0.299 e. The molecule has 16 heteroatoms. The lowest BCUT2D eigenvalue weighted by atomic mass is 10.00. The van der Waals surface area contributed by atoms with Crippen LogP contribution in [0.25, 0.3) is 33.3 Å². The Hall–Kier alpha value is -2.68. The van der Waals surface area contributed by atoms with Crippen molar-refractivity contribution in [3.05, 3.63) is 65.7 Å². The lowest BCUT2D eigenvalue weighted by Gasteiger charge is -2.39. The molecular weight excluding hydrogens is 802 g/mol. The van der Waals surface area contributed by atoms with Crippen LogP contribution in [0, 0.1) is 0 Å². The van der Waals surface area contributed by atoms with Crippen molar-refractivity contribution in [2.24, 2.45) is 0 Å². The first-order chi connectivity index (χ1) is 26.9. The number of aromatic nitrogens is 2. The number of hydrogen-bond acceptors (Lipinski definition) is 10. The number of hydrogen-bond donors (Lipinski definition) is 2. The number of nitrogens with zero attached hydrogens (tertiary/aromatic N) is 2. The summed E-state index contributed by atoms with van der Waals surface area (Å²) in [6.45, 7) is 20.2. The highest BCUT2D eigenvalue weighted by atomic mass is 35.5. The van der Waals surface area contributed by atoms with Gasteiger partial charge in [0.05, 0.1) is 60.1 Å². The Bertz CT molecular complexity index is 2090. The first kappa shape index (κ1) is 43.9. The molecule has 0 amide bonds. The highest BCUT2D eigenvalue weighted by Crippen LogP contribution is 2.41. The first-order valence-electron chi connectivity index (χ1n) is 19.6. The molecule has 0 saturated carbocycles. The van der Waals surface area contributed by atoms with E-state index in [0.29, 0.717) is 30.9 Å². The lowest BCUT2D eigenvalue weighted by Crippen LogP contribution is -2.47. The largest absolute Gasteiger partial charge is 0.456 e. The molecule has 2 N–H and O–H groups in total. The minimum absolute atomic E-state index is 0.0680. The van der Waals surface area contributed by atoms with Crippen molar-refractivity contribution in [3.8, 4) is 28.3 Å². The van der Waals surface area contributed by atoms with Crippen molar-refractivity contribution in [2.75, 3.05) is 46.2 Å². The molecule has 2 aliphatic rings. The van der Waals surface area contributed by atoms with E-state index in [9.17, 15) is 8.42 Å². The fourth-order valence-electron chi connectivity index (χ4n) is 6.58. The van der Waals surface area contributed by atoms with Crippen LogP contribution >= 0.6 is 11.6 Å². The highest BCUT2D eigenvalue weighted by molar-refractivity contribution is 7.89. The van der Waals surface area contributed by atoms with Crippen LogP contribution in [0.15, 0.2) is 65.6 Å². The quantitative estimate of drug-likeness (QED) is 0.0762. The number of aliphatic hydroxyl groups excluding tert-OH is 1. The van der Waals surface area contributed by atoms with Gasteiger partial charge in [-0.1, -0.05) is 88.4 Å². The average molecular weight is 861 g/mol. The number of fused-ring (bicyclic) bond motifs is 2. The van der Waals surface area contributed by atoms with Crippen LogP contribution in [0.5, 0.6) is 6.01 Å². The van der Waals surface area contributed by atoms with Gasteiger partial charge in [-0.2, -0.15) is 4.98 Å². The number of halogens is 1. The molecule has 4 atom stereocenters. The molecule has 12 nitrogen and oxygen atoms in total. The maximum atomic E-state index is 12.7. The molecule has 57 heavy (non-hydrogen) atoms. The number of benzene rings is 3. The summed E-state index contributed by atoms with van der Waals surface area (Å²) in [5.41, 5.74) is 5.02. The number of imidazole rings is 1. The zero-order valence-electron chi connectivity index (χ0n) is 34.3. The fourth-order valence-corrected chi connectivity index (χ4v) is 9.93. The van der Waals surface area contributed by atoms with Crippen LogP contribution < -0.4 is 9.46 Å². The van der Waals surface area contributed by atoms with E-state index in [1.54, 1.807) is 24.3 Å². The summed E-state index contributed by atoms with van der Waals surface area (Å²) in [6.07, 6.45) is -1.01. The van der Waals surface area contributed by atoms with Gasteiger partial charge >= 0.3 is 0 Å². The molecule has 2 fully saturated rings. The monoisotopic (exact) mass is 859 g/mol. The molecular formula is C41H58ClN3O9SSi2. The fraction of sp³-hybridized carbons (Fsp3) is 0.537. The number of nitrogens with one attached hydrogen (secondary N) is 1. The Balaban J connectivity index is 1.20. The van der Waals surface area contributed by atoms with E-state index in [0.717, 1.165) is 39.3 Å². The standard InChI is InChI=1S/C41H58ClN3O9SSi2/c1-41(2,3)57(7,8)54-37-26-52-38-36(25-51-39(37)38)53-40-44-34-23-32(33(42)24-35(34)45(40)27-50-21-22-56(4,5)6)30-11-9-28(10-12-30)29-13-15-31(16-14-29)55(47,48)43-17-19-49-20-18-46/h9-16,23-24,36-39,43,46H,17-22,25-27H2,1-8H3/t36-,37-,38-,39-/m1/s1. The summed E-state index contributed by atoms with van der Waals surface area (Å²) in [6, 6.07) is 20.0. The van der Waals surface area contributed by atoms with Gasteiger partial charge < -0.3 is 33.2 Å². The second-order valence-electron chi connectivity index (χ2n) is 17.5. The van der Waals surface area contributed by atoms with Crippen LogP contribution in [0.1, 0.15) is 20.8 Å². The minimum atomic E-state index is -3.70. The zero-order valence-corrected chi connectivity index (χ0v) is 37.9. The molecule has 312 valence electrons. The Kier molecular flexibility index (Phi) is 13.8. The van der Waals surface area contributed by atoms with Gasteiger partial charge in [-0.3, -0.25) is 4.57 Å². The summed E-state index contributed by atoms with van der Waals surface area (Å²) in [5.74, 6) is 0. The second-order valence-corrected chi connectivity index (χ2v) is 30.0. The highest BCUT2D eigenvalue weighted by Gasteiger charge is 2.52. The van der Waals surface area contributed by atoms with Crippen LogP contribution in [0.3, 0.4) is 0 Å². The van der Waals surface area contributed by atoms with Crippen LogP contribution in [0.4, 0.5) is 0 Å². The van der Waals surface area contributed by atoms with Gasteiger partial charge in [0.25, 0.3) is 6.01 Å². The van der Waals surface area contributed by atoms with Crippen molar-refractivity contribution in [1.82, 2.24) is 14.3 Å². The van der Waals surface area contributed by atoms with E-state index in [4.69, 9.17) is 49.8 Å². The second kappa shape index (κ2) is 17.9. The van der Waals surface area contributed by atoms with E-state index >= 15 is 0 Å². The van der Waals surface area contributed by atoms with E-state index < -0.39 is 26.4 Å². The summed E-state index contributed by atoms with van der Waals surface area (Å²) >= 11 is 7.01. The third-order valence-electron chi connectivity index (χ3n) is 11.0. The number of ether oxygens (including phenoxy) is 5. The van der Waals surface area contributed by atoms with Crippen molar-refractivity contribution < 1.29 is 41.6 Å². The lowest BCUT2D eigenvalue weighted by molar-refractivity contribution is 0.00692. The third-order valence-corrected chi connectivity index (χ3v) is 19.0. The molecule has 0 spiro atoms. The number of rotatable bonds is 18. The van der Waals surface area contributed by atoms with Gasteiger partial charge in [0.1, 0.15) is 18.9 Å². The molecule has 0 radical (unpaired) electrons. The van der Waals surface area contributed by atoms with Crippen LogP contribution in [-0.2, 0) is 40.1 Å². The molecule has 6 rings (SSSR count). The Morgan fingerprint density at radius 3 is 2.12 bits per heavy atom. The van der Waals surface area contributed by atoms with Gasteiger partial charge in [0, 0.05) is 26.8 Å². The summed E-state index contributed by atoms with van der Waals surface area (Å²) in [5, 5.41) is 9.44. The summed E-state index contributed by atoms with van der Waals surface area (Å²) < 4.78 is 67.2. The molecule has 2 saturated heterocycles. The molecule has 3 heterocycles. The van der Waals surface area contributed by atoms with E-state index in [-0.39, 0.29) is 67.4 Å². The predicted octanol–water partition coefficient (Wildman–Crippen LogP) is 7.56. The Morgan fingerprint density at radius 2 is 1.49 bits per heavy atom.